The summed E-state index contributed by atoms with van der Waals surface area (Å²) in [6.07, 6.45) is 0. The molecule has 2 heterocycles. The predicted octanol–water partition coefficient (Wildman–Crippen LogP) is 3.39. The van der Waals surface area contributed by atoms with Crippen LogP contribution in [0.4, 0.5) is 0 Å². The van der Waals surface area contributed by atoms with Gasteiger partial charge in [-0.25, -0.2) is 15.0 Å². The number of imidazole rings is 1. The summed E-state index contributed by atoms with van der Waals surface area (Å²) in [6, 6.07) is 8.18. The SMILES string of the molecule is Cc1cccc(-n2c(C)nc3nc(C)nc(Cl)c32)c1. The molecule has 0 atom stereocenters. The number of aromatic nitrogens is 4. The van der Waals surface area contributed by atoms with Gasteiger partial charge in [0.05, 0.1) is 0 Å². The van der Waals surface area contributed by atoms with Gasteiger partial charge in [0.2, 0.25) is 0 Å². The Kier molecular flexibility index (Phi) is 2.75. The van der Waals surface area contributed by atoms with Crippen LogP contribution in [0.2, 0.25) is 5.15 Å². The Morgan fingerprint density at radius 3 is 2.58 bits per heavy atom. The van der Waals surface area contributed by atoms with Crippen LogP contribution in [0.15, 0.2) is 24.3 Å². The normalized spacial score (nSPS) is 11.2. The van der Waals surface area contributed by atoms with Crippen molar-refractivity contribution >= 4 is 22.8 Å². The second-order valence-corrected chi connectivity index (χ2v) is 4.93. The number of hydrogen-bond acceptors (Lipinski definition) is 3. The van der Waals surface area contributed by atoms with E-state index < -0.39 is 0 Å². The zero-order valence-corrected chi connectivity index (χ0v) is 11.7. The van der Waals surface area contributed by atoms with E-state index in [1.54, 1.807) is 0 Å². The topological polar surface area (TPSA) is 43.6 Å². The summed E-state index contributed by atoms with van der Waals surface area (Å²) in [5.41, 5.74) is 3.60. The highest BCUT2D eigenvalue weighted by molar-refractivity contribution is 6.33. The highest BCUT2D eigenvalue weighted by Gasteiger charge is 2.15. The standard InChI is InChI=1S/C14H13ClN4/c1-8-5-4-6-11(7-8)19-10(3)18-14-12(19)13(15)16-9(2)17-14/h4-7H,1-3H3. The second kappa shape index (κ2) is 4.31. The van der Waals surface area contributed by atoms with Gasteiger partial charge in [0.25, 0.3) is 0 Å². The molecule has 0 amide bonds. The molecule has 96 valence electrons. The van der Waals surface area contributed by atoms with Crippen LogP contribution in [-0.4, -0.2) is 19.5 Å². The number of hydrogen-bond donors (Lipinski definition) is 0. The molecule has 0 unspecified atom stereocenters. The molecule has 2 aromatic heterocycles. The number of nitrogens with zero attached hydrogens (tertiary/aromatic N) is 4. The van der Waals surface area contributed by atoms with Gasteiger partial charge in [0.15, 0.2) is 10.8 Å². The lowest BCUT2D eigenvalue weighted by molar-refractivity contribution is 0.996. The fourth-order valence-corrected chi connectivity index (χ4v) is 2.53. The van der Waals surface area contributed by atoms with Crippen LogP contribution in [0, 0.1) is 20.8 Å². The number of fused-ring (bicyclic) bond motifs is 1. The fourth-order valence-electron chi connectivity index (χ4n) is 2.24. The number of rotatable bonds is 1. The Morgan fingerprint density at radius 2 is 1.84 bits per heavy atom. The Hall–Kier alpha value is -1.94. The molecule has 0 aliphatic carbocycles. The molecule has 0 radical (unpaired) electrons. The largest absolute Gasteiger partial charge is 0.292 e. The van der Waals surface area contributed by atoms with Crippen LogP contribution in [0.1, 0.15) is 17.2 Å². The minimum absolute atomic E-state index is 0.435. The molecule has 19 heavy (non-hydrogen) atoms. The van der Waals surface area contributed by atoms with E-state index in [0.29, 0.717) is 16.6 Å². The average Bonchev–Trinajstić information content (AvgIpc) is 2.65. The van der Waals surface area contributed by atoms with E-state index in [4.69, 9.17) is 11.6 Å². The zero-order valence-electron chi connectivity index (χ0n) is 11.0. The van der Waals surface area contributed by atoms with Crippen molar-refractivity contribution in [1.82, 2.24) is 19.5 Å². The van der Waals surface area contributed by atoms with E-state index in [1.807, 2.05) is 30.5 Å². The maximum absolute atomic E-state index is 6.26. The Bertz CT molecular complexity index is 776. The quantitative estimate of drug-likeness (QED) is 0.638. The lowest BCUT2D eigenvalue weighted by atomic mass is 10.2. The number of benzene rings is 1. The molecule has 0 fully saturated rings. The summed E-state index contributed by atoms with van der Waals surface area (Å²) in [5, 5.41) is 0.435. The van der Waals surface area contributed by atoms with Crippen LogP contribution in [0.3, 0.4) is 0 Å². The minimum atomic E-state index is 0.435. The van der Waals surface area contributed by atoms with Crippen molar-refractivity contribution in [3.8, 4) is 5.69 Å². The first-order valence-corrected chi connectivity index (χ1v) is 6.40. The van der Waals surface area contributed by atoms with Gasteiger partial charge in [-0.2, -0.15) is 0 Å². The molecule has 3 rings (SSSR count). The molecule has 4 nitrogen and oxygen atoms in total. The van der Waals surface area contributed by atoms with Crippen molar-refractivity contribution in [2.45, 2.75) is 20.8 Å². The van der Waals surface area contributed by atoms with Crippen molar-refractivity contribution in [2.24, 2.45) is 0 Å². The third kappa shape index (κ3) is 1.98. The van der Waals surface area contributed by atoms with Crippen molar-refractivity contribution in [3.63, 3.8) is 0 Å². The molecule has 0 saturated carbocycles. The Labute approximate surface area is 116 Å². The highest BCUT2D eigenvalue weighted by atomic mass is 35.5. The maximum Gasteiger partial charge on any atom is 0.183 e. The van der Waals surface area contributed by atoms with Crippen LogP contribution >= 0.6 is 11.6 Å². The molecule has 0 bridgehead atoms. The van der Waals surface area contributed by atoms with Crippen molar-refractivity contribution in [2.75, 3.05) is 0 Å². The predicted molar refractivity (Wildman–Crippen MR) is 75.9 cm³/mol. The zero-order chi connectivity index (χ0) is 13.6. The number of aryl methyl sites for hydroxylation is 3. The smallest absolute Gasteiger partial charge is 0.183 e. The first kappa shape index (κ1) is 12.1. The third-order valence-electron chi connectivity index (χ3n) is 3.01. The van der Waals surface area contributed by atoms with E-state index in [2.05, 4.69) is 34.0 Å². The molecule has 0 N–H and O–H groups in total. The average molecular weight is 273 g/mol. The summed E-state index contributed by atoms with van der Waals surface area (Å²) in [5.74, 6) is 1.48. The summed E-state index contributed by atoms with van der Waals surface area (Å²) < 4.78 is 1.99. The molecule has 0 aliphatic rings. The highest BCUT2D eigenvalue weighted by Crippen LogP contribution is 2.25. The molecule has 0 aliphatic heterocycles. The van der Waals surface area contributed by atoms with E-state index in [-0.39, 0.29) is 0 Å². The summed E-state index contributed by atoms with van der Waals surface area (Å²) in [4.78, 5) is 13.0. The van der Waals surface area contributed by atoms with Gasteiger partial charge in [-0.1, -0.05) is 23.7 Å². The first-order valence-electron chi connectivity index (χ1n) is 6.02. The van der Waals surface area contributed by atoms with Gasteiger partial charge < -0.3 is 0 Å². The van der Waals surface area contributed by atoms with Crippen LogP contribution in [-0.2, 0) is 0 Å². The molecular formula is C14H13ClN4. The van der Waals surface area contributed by atoms with Crippen molar-refractivity contribution < 1.29 is 0 Å². The summed E-state index contributed by atoms with van der Waals surface area (Å²) >= 11 is 6.26. The van der Waals surface area contributed by atoms with Crippen LogP contribution in [0.25, 0.3) is 16.9 Å². The molecule has 1 aromatic carbocycles. The third-order valence-corrected chi connectivity index (χ3v) is 3.27. The Balaban J connectivity index is 2.38. The lowest BCUT2D eigenvalue weighted by Crippen LogP contribution is -1.99. The molecular weight excluding hydrogens is 260 g/mol. The van der Waals surface area contributed by atoms with Crippen molar-refractivity contribution in [3.05, 3.63) is 46.6 Å². The monoisotopic (exact) mass is 272 g/mol. The lowest BCUT2D eigenvalue weighted by Gasteiger charge is -2.08. The molecule has 5 heteroatoms. The first-order chi connectivity index (χ1) is 9.06. The second-order valence-electron chi connectivity index (χ2n) is 4.57. The maximum atomic E-state index is 6.26. The molecule has 3 aromatic rings. The summed E-state index contributed by atoms with van der Waals surface area (Å²) in [6.45, 7) is 5.81. The van der Waals surface area contributed by atoms with E-state index in [0.717, 1.165) is 17.0 Å². The van der Waals surface area contributed by atoms with E-state index >= 15 is 0 Å². The van der Waals surface area contributed by atoms with Gasteiger partial charge in [-0.05, 0) is 38.5 Å². The van der Waals surface area contributed by atoms with Gasteiger partial charge in [0, 0.05) is 5.69 Å². The van der Waals surface area contributed by atoms with Gasteiger partial charge in [-0.15, -0.1) is 0 Å². The van der Waals surface area contributed by atoms with Gasteiger partial charge in [-0.3, -0.25) is 4.57 Å². The summed E-state index contributed by atoms with van der Waals surface area (Å²) in [7, 11) is 0. The minimum Gasteiger partial charge on any atom is -0.292 e. The van der Waals surface area contributed by atoms with Crippen LogP contribution < -0.4 is 0 Å². The molecule has 0 spiro atoms. The van der Waals surface area contributed by atoms with Crippen LogP contribution in [0.5, 0.6) is 0 Å². The van der Waals surface area contributed by atoms with E-state index in [9.17, 15) is 0 Å². The Morgan fingerprint density at radius 1 is 1.05 bits per heavy atom. The number of halogens is 1. The van der Waals surface area contributed by atoms with Gasteiger partial charge in [0.1, 0.15) is 17.2 Å². The fraction of sp³-hybridized carbons (Fsp3) is 0.214. The van der Waals surface area contributed by atoms with Gasteiger partial charge >= 0.3 is 0 Å². The van der Waals surface area contributed by atoms with Crippen molar-refractivity contribution in [1.29, 1.82) is 0 Å². The van der Waals surface area contributed by atoms with E-state index in [1.165, 1.54) is 5.56 Å². The molecule has 0 saturated heterocycles.